The van der Waals surface area contributed by atoms with Crippen LogP contribution in [0.15, 0.2) is 48.7 Å². The maximum absolute atomic E-state index is 12.2. The van der Waals surface area contributed by atoms with Crippen molar-refractivity contribution in [1.82, 2.24) is 15.4 Å². The molecule has 1 aromatic carbocycles. The predicted molar refractivity (Wildman–Crippen MR) is 79.2 cm³/mol. The van der Waals surface area contributed by atoms with Gasteiger partial charge in [-0.2, -0.15) is 0 Å². The molecule has 0 unspecified atom stereocenters. The number of benzene rings is 1. The molecule has 1 saturated heterocycles. The Kier molecular flexibility index (Phi) is 4.00. The molecule has 0 radical (unpaired) electrons. The van der Waals surface area contributed by atoms with Crippen LogP contribution in [0.25, 0.3) is 0 Å². The first-order chi connectivity index (χ1) is 10.7. The Morgan fingerprint density at radius 3 is 2.86 bits per heavy atom. The fourth-order valence-electron chi connectivity index (χ4n) is 2.18. The number of ether oxygens (including phenoxy) is 1. The van der Waals surface area contributed by atoms with Gasteiger partial charge in [-0.1, -0.05) is 12.1 Å². The number of pyridine rings is 1. The smallest absolute Gasteiger partial charge is 0.270 e. The lowest BCUT2D eigenvalue weighted by Gasteiger charge is -2.16. The van der Waals surface area contributed by atoms with E-state index in [9.17, 15) is 9.59 Å². The zero-order valence-electron chi connectivity index (χ0n) is 11.9. The number of hydrogen-bond acceptors (Lipinski definition) is 4. The molecule has 22 heavy (non-hydrogen) atoms. The number of carbonyl (C=O) groups excluding carboxylic acids is 2. The zero-order chi connectivity index (χ0) is 15.4. The number of nitrogens with one attached hydrogen (secondary N) is 1. The van der Waals surface area contributed by atoms with Crippen molar-refractivity contribution >= 4 is 11.8 Å². The van der Waals surface area contributed by atoms with Gasteiger partial charge in [0.05, 0.1) is 0 Å². The average Bonchev–Trinajstić information content (AvgIpc) is 2.94. The molecule has 2 aromatic rings. The first-order valence-electron chi connectivity index (χ1n) is 7.03. The number of rotatable bonds is 4. The molecule has 1 aromatic heterocycles. The van der Waals surface area contributed by atoms with Crippen LogP contribution in [0.3, 0.4) is 0 Å². The third kappa shape index (κ3) is 3.22. The summed E-state index contributed by atoms with van der Waals surface area (Å²) in [6.45, 7) is 0.550. The highest BCUT2D eigenvalue weighted by molar-refractivity contribution is 5.95. The largest absolute Gasteiger partial charge is 0.439 e. The molecule has 0 aliphatic carbocycles. The number of nitrogens with zero attached hydrogens (tertiary/aromatic N) is 2. The summed E-state index contributed by atoms with van der Waals surface area (Å²) >= 11 is 0. The van der Waals surface area contributed by atoms with Crippen LogP contribution in [0.2, 0.25) is 0 Å². The van der Waals surface area contributed by atoms with E-state index in [1.165, 1.54) is 5.01 Å². The van der Waals surface area contributed by atoms with Crippen molar-refractivity contribution in [2.45, 2.75) is 12.8 Å². The van der Waals surface area contributed by atoms with E-state index < -0.39 is 0 Å². The van der Waals surface area contributed by atoms with E-state index >= 15 is 0 Å². The Bertz CT molecular complexity index is 688. The second-order valence-corrected chi connectivity index (χ2v) is 4.89. The van der Waals surface area contributed by atoms with Gasteiger partial charge in [-0.3, -0.25) is 20.0 Å². The van der Waals surface area contributed by atoms with Crippen LogP contribution in [-0.2, 0) is 4.79 Å². The van der Waals surface area contributed by atoms with Crippen LogP contribution in [-0.4, -0.2) is 28.4 Å². The first-order valence-corrected chi connectivity index (χ1v) is 7.03. The maximum atomic E-state index is 12.2. The van der Waals surface area contributed by atoms with Crippen molar-refractivity contribution in [1.29, 1.82) is 0 Å². The van der Waals surface area contributed by atoms with Crippen molar-refractivity contribution < 1.29 is 14.3 Å². The summed E-state index contributed by atoms with van der Waals surface area (Å²) in [6, 6.07) is 12.1. The Labute approximate surface area is 127 Å². The molecule has 2 amide bonds. The maximum Gasteiger partial charge on any atom is 0.270 e. The van der Waals surface area contributed by atoms with E-state index in [0.717, 1.165) is 6.42 Å². The Morgan fingerprint density at radius 1 is 1.23 bits per heavy atom. The summed E-state index contributed by atoms with van der Waals surface area (Å²) in [5, 5.41) is 1.36. The molecule has 1 N–H and O–H groups in total. The van der Waals surface area contributed by atoms with Crippen molar-refractivity contribution in [3.8, 4) is 11.6 Å². The Balaban J connectivity index is 1.70. The zero-order valence-corrected chi connectivity index (χ0v) is 11.9. The van der Waals surface area contributed by atoms with Crippen LogP contribution >= 0.6 is 0 Å². The molecule has 6 heteroatoms. The number of aromatic nitrogens is 1. The van der Waals surface area contributed by atoms with Gasteiger partial charge in [0, 0.05) is 30.8 Å². The molecule has 1 aliphatic rings. The number of hydrazine groups is 1. The molecule has 0 saturated carbocycles. The molecule has 1 fully saturated rings. The van der Waals surface area contributed by atoms with Crippen LogP contribution in [0.4, 0.5) is 0 Å². The quantitative estimate of drug-likeness (QED) is 0.938. The summed E-state index contributed by atoms with van der Waals surface area (Å²) < 4.78 is 5.59. The normalized spacial score (nSPS) is 14.0. The highest BCUT2D eigenvalue weighted by Crippen LogP contribution is 2.20. The molecule has 0 spiro atoms. The van der Waals surface area contributed by atoms with Crippen molar-refractivity contribution in [3.05, 3.63) is 54.2 Å². The van der Waals surface area contributed by atoms with Crippen LogP contribution < -0.4 is 10.2 Å². The fourth-order valence-corrected chi connectivity index (χ4v) is 2.18. The van der Waals surface area contributed by atoms with Gasteiger partial charge >= 0.3 is 0 Å². The van der Waals surface area contributed by atoms with Gasteiger partial charge in [-0.15, -0.1) is 0 Å². The summed E-state index contributed by atoms with van der Waals surface area (Å²) in [4.78, 5) is 27.8. The van der Waals surface area contributed by atoms with Gasteiger partial charge in [0.15, 0.2) is 0 Å². The highest BCUT2D eigenvalue weighted by Gasteiger charge is 2.22. The van der Waals surface area contributed by atoms with E-state index in [2.05, 4.69) is 10.4 Å². The van der Waals surface area contributed by atoms with Crippen LogP contribution in [0.5, 0.6) is 11.6 Å². The Morgan fingerprint density at radius 2 is 2.14 bits per heavy atom. The van der Waals surface area contributed by atoms with Gasteiger partial charge in [0.2, 0.25) is 11.8 Å². The predicted octanol–water partition coefficient (Wildman–Crippen LogP) is 2.14. The minimum absolute atomic E-state index is 0.0609. The molecular formula is C16H15N3O3. The Hall–Kier alpha value is -2.89. The van der Waals surface area contributed by atoms with Crippen molar-refractivity contribution in [2.24, 2.45) is 0 Å². The standard InChI is InChI=1S/C16H15N3O3/c20-15-8-4-10-19(15)18-16(21)12-5-3-6-13(11-12)22-14-7-1-2-9-17-14/h1-3,5-7,9,11H,4,8,10H2,(H,18,21). The van der Waals surface area contributed by atoms with E-state index in [4.69, 9.17) is 4.74 Å². The minimum atomic E-state index is -0.332. The van der Waals surface area contributed by atoms with Crippen LogP contribution in [0.1, 0.15) is 23.2 Å². The van der Waals surface area contributed by atoms with Gasteiger partial charge in [0.25, 0.3) is 5.91 Å². The molecule has 0 bridgehead atoms. The minimum Gasteiger partial charge on any atom is -0.439 e. The SMILES string of the molecule is O=C(NN1CCCC1=O)c1cccc(Oc2ccccn2)c1. The number of hydrogen-bond donors (Lipinski definition) is 1. The third-order valence-electron chi connectivity index (χ3n) is 3.27. The lowest BCUT2D eigenvalue weighted by Crippen LogP contribution is -2.42. The fraction of sp³-hybridized carbons (Fsp3) is 0.188. The lowest BCUT2D eigenvalue weighted by atomic mass is 10.2. The second-order valence-electron chi connectivity index (χ2n) is 4.89. The van der Waals surface area contributed by atoms with Crippen molar-refractivity contribution in [3.63, 3.8) is 0 Å². The number of carbonyl (C=O) groups is 2. The molecule has 1 aliphatic heterocycles. The molecular weight excluding hydrogens is 282 g/mol. The first kappa shape index (κ1) is 14.1. The second kappa shape index (κ2) is 6.26. The van der Waals surface area contributed by atoms with E-state index in [0.29, 0.717) is 30.2 Å². The molecule has 2 heterocycles. The molecule has 112 valence electrons. The van der Waals surface area contributed by atoms with Gasteiger partial charge in [-0.05, 0) is 30.7 Å². The number of amides is 2. The third-order valence-corrected chi connectivity index (χ3v) is 3.27. The van der Waals surface area contributed by atoms with Gasteiger partial charge < -0.3 is 4.74 Å². The van der Waals surface area contributed by atoms with Gasteiger partial charge in [-0.25, -0.2) is 4.98 Å². The van der Waals surface area contributed by atoms with Crippen LogP contribution in [0, 0.1) is 0 Å². The highest BCUT2D eigenvalue weighted by atomic mass is 16.5. The van der Waals surface area contributed by atoms with E-state index in [-0.39, 0.29) is 11.8 Å². The van der Waals surface area contributed by atoms with Crippen molar-refractivity contribution in [2.75, 3.05) is 6.54 Å². The summed E-state index contributed by atoms with van der Waals surface area (Å²) in [5.41, 5.74) is 3.03. The summed E-state index contributed by atoms with van der Waals surface area (Å²) in [6.07, 6.45) is 2.87. The molecule has 0 atom stereocenters. The lowest BCUT2D eigenvalue weighted by molar-refractivity contribution is -0.129. The molecule has 3 rings (SSSR count). The summed E-state index contributed by atoms with van der Waals surface area (Å²) in [7, 11) is 0. The average molecular weight is 297 g/mol. The van der Waals surface area contributed by atoms with Gasteiger partial charge in [0.1, 0.15) is 5.75 Å². The molecule has 6 nitrogen and oxygen atoms in total. The summed E-state index contributed by atoms with van der Waals surface area (Å²) in [5.74, 6) is 0.574. The monoisotopic (exact) mass is 297 g/mol. The van der Waals surface area contributed by atoms with E-state index in [1.807, 2.05) is 6.07 Å². The topological polar surface area (TPSA) is 71.5 Å². The van der Waals surface area contributed by atoms with E-state index in [1.54, 1.807) is 42.6 Å².